The summed E-state index contributed by atoms with van der Waals surface area (Å²) in [5, 5.41) is 4.30. The molecule has 1 aromatic carbocycles. The fourth-order valence-corrected chi connectivity index (χ4v) is 1.86. The van der Waals surface area contributed by atoms with Crippen molar-refractivity contribution in [2.75, 3.05) is 0 Å². The first-order chi connectivity index (χ1) is 8.77. The van der Waals surface area contributed by atoms with Crippen LogP contribution in [0.3, 0.4) is 0 Å². The van der Waals surface area contributed by atoms with Crippen LogP contribution in [0.4, 0.5) is 0 Å². The van der Waals surface area contributed by atoms with Crippen LogP contribution in [0.2, 0.25) is 0 Å². The van der Waals surface area contributed by atoms with Crippen molar-refractivity contribution in [3.63, 3.8) is 0 Å². The molecule has 0 saturated heterocycles. The van der Waals surface area contributed by atoms with Gasteiger partial charge in [0.15, 0.2) is 5.65 Å². The molecule has 0 saturated carbocycles. The van der Waals surface area contributed by atoms with Gasteiger partial charge in [0.1, 0.15) is 11.2 Å². The first kappa shape index (κ1) is 10.6. The number of rotatable bonds is 1. The third-order valence-electron chi connectivity index (χ3n) is 2.65. The molecule has 0 fully saturated rings. The van der Waals surface area contributed by atoms with Crippen LogP contribution in [0.15, 0.2) is 42.7 Å². The lowest BCUT2D eigenvalue weighted by Crippen LogP contribution is -2.08. The van der Waals surface area contributed by atoms with Crippen molar-refractivity contribution >= 4 is 17.1 Å². The molecular weight excluding hydrogens is 228 g/mol. The third kappa shape index (κ3) is 1.57. The molecule has 2 heterocycles. The summed E-state index contributed by atoms with van der Waals surface area (Å²) in [6.07, 6.45) is 3.15. The van der Waals surface area contributed by atoms with Gasteiger partial charge in [0, 0.05) is 24.9 Å². The summed E-state index contributed by atoms with van der Waals surface area (Å²) in [5.74, 6) is -0.178. The van der Waals surface area contributed by atoms with E-state index < -0.39 is 0 Å². The third-order valence-corrected chi connectivity index (χ3v) is 2.65. The number of carbonyl (C=O) groups excluding carboxylic acids is 1. The number of hydrogen-bond donors (Lipinski definition) is 0. The van der Waals surface area contributed by atoms with Gasteiger partial charge in [-0.3, -0.25) is 4.79 Å². The van der Waals surface area contributed by atoms with E-state index in [-0.39, 0.29) is 5.91 Å². The highest BCUT2D eigenvalue weighted by molar-refractivity contribution is 5.93. The average Bonchev–Trinajstić information content (AvgIpc) is 2.79. The van der Waals surface area contributed by atoms with E-state index in [1.807, 2.05) is 30.3 Å². The number of nitrogens with zero attached hydrogens (tertiary/aromatic N) is 4. The molecule has 5 nitrogen and oxygen atoms in total. The Bertz CT molecular complexity index is 718. The Morgan fingerprint density at radius 3 is 2.56 bits per heavy atom. The van der Waals surface area contributed by atoms with Gasteiger partial charge < -0.3 is 0 Å². The molecule has 0 aliphatic rings. The van der Waals surface area contributed by atoms with E-state index in [1.165, 1.54) is 11.6 Å². The summed E-state index contributed by atoms with van der Waals surface area (Å²) in [6, 6.07) is 9.63. The molecule has 88 valence electrons. The molecule has 0 spiro atoms. The van der Waals surface area contributed by atoms with Crippen LogP contribution in [0, 0.1) is 0 Å². The first-order valence-electron chi connectivity index (χ1n) is 5.53. The molecule has 3 rings (SSSR count). The molecule has 0 unspecified atom stereocenters. The predicted molar refractivity (Wildman–Crippen MR) is 67.1 cm³/mol. The zero-order valence-corrected chi connectivity index (χ0v) is 9.74. The molecule has 0 N–H and O–H groups in total. The standard InChI is InChI=1S/C13H10N4O/c1-9(18)17-13-12(14-7-8-15-13)11(16-17)10-5-3-2-4-6-10/h2-8H,1H3. The summed E-state index contributed by atoms with van der Waals surface area (Å²) in [7, 11) is 0. The minimum Gasteiger partial charge on any atom is -0.273 e. The second-order valence-electron chi connectivity index (χ2n) is 3.87. The highest BCUT2D eigenvalue weighted by Gasteiger charge is 2.16. The average molecular weight is 238 g/mol. The van der Waals surface area contributed by atoms with E-state index in [0.29, 0.717) is 16.9 Å². The van der Waals surface area contributed by atoms with Crippen molar-refractivity contribution in [1.29, 1.82) is 0 Å². The Morgan fingerprint density at radius 2 is 1.83 bits per heavy atom. The molecule has 0 amide bonds. The van der Waals surface area contributed by atoms with Crippen molar-refractivity contribution in [2.45, 2.75) is 6.92 Å². The Balaban J connectivity index is 2.34. The summed E-state index contributed by atoms with van der Waals surface area (Å²) >= 11 is 0. The van der Waals surface area contributed by atoms with E-state index in [0.717, 1.165) is 5.56 Å². The van der Waals surface area contributed by atoms with Gasteiger partial charge in [-0.1, -0.05) is 30.3 Å². The van der Waals surface area contributed by atoms with E-state index in [1.54, 1.807) is 12.4 Å². The van der Waals surface area contributed by atoms with Gasteiger partial charge >= 0.3 is 0 Å². The molecule has 3 aromatic rings. The number of aromatic nitrogens is 4. The van der Waals surface area contributed by atoms with E-state index in [4.69, 9.17) is 0 Å². The van der Waals surface area contributed by atoms with Crippen molar-refractivity contribution in [3.05, 3.63) is 42.7 Å². The number of benzene rings is 1. The zero-order valence-electron chi connectivity index (χ0n) is 9.74. The molecule has 0 bridgehead atoms. The predicted octanol–water partition coefficient (Wildman–Crippen LogP) is 2.15. The van der Waals surface area contributed by atoms with Gasteiger partial charge in [0.25, 0.3) is 0 Å². The summed E-state index contributed by atoms with van der Waals surface area (Å²) in [6.45, 7) is 1.45. The minimum absolute atomic E-state index is 0.178. The molecular formula is C13H10N4O. The minimum atomic E-state index is -0.178. The first-order valence-corrected chi connectivity index (χ1v) is 5.53. The SMILES string of the molecule is CC(=O)n1nc(-c2ccccc2)c2nccnc21. The highest BCUT2D eigenvalue weighted by Crippen LogP contribution is 2.24. The van der Waals surface area contributed by atoms with E-state index in [9.17, 15) is 4.79 Å². The maximum atomic E-state index is 11.5. The number of hydrogen-bond acceptors (Lipinski definition) is 4. The van der Waals surface area contributed by atoms with Crippen molar-refractivity contribution in [1.82, 2.24) is 19.7 Å². The Kier molecular flexibility index (Phi) is 2.37. The topological polar surface area (TPSA) is 60.7 Å². The highest BCUT2D eigenvalue weighted by atomic mass is 16.2. The van der Waals surface area contributed by atoms with Crippen LogP contribution in [0.5, 0.6) is 0 Å². The summed E-state index contributed by atoms with van der Waals surface area (Å²) < 4.78 is 1.28. The largest absolute Gasteiger partial charge is 0.273 e. The van der Waals surface area contributed by atoms with Crippen LogP contribution in [0.25, 0.3) is 22.4 Å². The Hall–Kier alpha value is -2.56. The molecule has 5 heteroatoms. The van der Waals surface area contributed by atoms with Gasteiger partial charge in [-0.25, -0.2) is 9.97 Å². The van der Waals surface area contributed by atoms with Crippen LogP contribution in [-0.4, -0.2) is 25.7 Å². The van der Waals surface area contributed by atoms with Crippen molar-refractivity contribution in [3.8, 4) is 11.3 Å². The quantitative estimate of drug-likeness (QED) is 0.651. The Labute approximate surface area is 103 Å². The second kappa shape index (κ2) is 4.03. The van der Waals surface area contributed by atoms with Crippen LogP contribution in [-0.2, 0) is 0 Å². The normalized spacial score (nSPS) is 10.7. The fourth-order valence-electron chi connectivity index (χ4n) is 1.86. The van der Waals surface area contributed by atoms with Gasteiger partial charge in [-0.15, -0.1) is 0 Å². The zero-order chi connectivity index (χ0) is 12.5. The molecule has 0 atom stereocenters. The molecule has 0 radical (unpaired) electrons. The monoisotopic (exact) mass is 238 g/mol. The lowest BCUT2D eigenvalue weighted by Gasteiger charge is -1.94. The van der Waals surface area contributed by atoms with Gasteiger partial charge in [-0.2, -0.15) is 9.78 Å². The lowest BCUT2D eigenvalue weighted by atomic mass is 10.1. The molecule has 0 aliphatic carbocycles. The maximum absolute atomic E-state index is 11.5. The van der Waals surface area contributed by atoms with E-state index >= 15 is 0 Å². The molecule has 18 heavy (non-hydrogen) atoms. The lowest BCUT2D eigenvalue weighted by molar-refractivity contribution is 0.0926. The molecule has 2 aromatic heterocycles. The number of carbonyl (C=O) groups is 1. The maximum Gasteiger partial charge on any atom is 0.245 e. The van der Waals surface area contributed by atoms with Gasteiger partial charge in [0.05, 0.1) is 0 Å². The van der Waals surface area contributed by atoms with Crippen LogP contribution in [0.1, 0.15) is 11.7 Å². The van der Waals surface area contributed by atoms with Gasteiger partial charge in [-0.05, 0) is 0 Å². The Morgan fingerprint density at radius 1 is 1.11 bits per heavy atom. The molecule has 0 aliphatic heterocycles. The van der Waals surface area contributed by atoms with Gasteiger partial charge in [0.2, 0.25) is 5.91 Å². The smallest absolute Gasteiger partial charge is 0.245 e. The second-order valence-corrected chi connectivity index (χ2v) is 3.87. The summed E-state index contributed by atoms with van der Waals surface area (Å²) in [4.78, 5) is 20.0. The van der Waals surface area contributed by atoms with Crippen molar-refractivity contribution in [2.24, 2.45) is 0 Å². The van der Waals surface area contributed by atoms with Crippen LogP contribution >= 0.6 is 0 Å². The summed E-state index contributed by atoms with van der Waals surface area (Å²) in [5.41, 5.74) is 2.72. The number of fused-ring (bicyclic) bond motifs is 1. The fraction of sp³-hybridized carbons (Fsp3) is 0.0769. The van der Waals surface area contributed by atoms with E-state index in [2.05, 4.69) is 15.1 Å². The van der Waals surface area contributed by atoms with Crippen LogP contribution < -0.4 is 0 Å². The van der Waals surface area contributed by atoms with Crippen molar-refractivity contribution < 1.29 is 4.79 Å².